The summed E-state index contributed by atoms with van der Waals surface area (Å²) in [4.78, 5) is 0. The molecule has 0 spiro atoms. The first-order valence-corrected chi connectivity index (χ1v) is 2.32. The molecule has 0 aromatic rings. The third kappa shape index (κ3) is 3.24. The van der Waals surface area contributed by atoms with Crippen LogP contribution in [0.5, 0.6) is 0 Å². The Bertz CT molecular complexity index is 95.8. The van der Waals surface area contributed by atoms with Gasteiger partial charge >= 0.3 is 0 Å². The van der Waals surface area contributed by atoms with E-state index in [-0.39, 0.29) is 0 Å². The lowest BCUT2D eigenvalue weighted by molar-refractivity contribution is 0.934. The summed E-state index contributed by atoms with van der Waals surface area (Å²) in [7, 11) is 0. The highest BCUT2D eigenvalue weighted by Crippen LogP contribution is 1.87. The van der Waals surface area contributed by atoms with E-state index >= 15 is 0 Å². The molecule has 0 rings (SSSR count). The van der Waals surface area contributed by atoms with Crippen molar-refractivity contribution in [3.8, 4) is 0 Å². The van der Waals surface area contributed by atoms with Crippen LogP contribution >= 0.6 is 0 Å². The van der Waals surface area contributed by atoms with Gasteiger partial charge in [-0.15, -0.1) is 6.58 Å². The molecule has 3 nitrogen and oxygen atoms in total. The van der Waals surface area contributed by atoms with Crippen LogP contribution in [0.2, 0.25) is 0 Å². The van der Waals surface area contributed by atoms with Crippen molar-refractivity contribution in [2.75, 3.05) is 0 Å². The van der Waals surface area contributed by atoms with Crippen molar-refractivity contribution in [3.05, 3.63) is 24.6 Å². The largest absolute Gasteiger partial charge is 0.401 e. The zero-order valence-corrected chi connectivity index (χ0v) is 4.72. The molecule has 0 aliphatic rings. The Morgan fingerprint density at radius 2 is 2.38 bits per heavy atom. The van der Waals surface area contributed by atoms with Crippen LogP contribution in [0, 0.1) is 0 Å². The number of hydrogen-bond acceptors (Lipinski definition) is 3. The molecule has 46 valence electrons. The van der Waals surface area contributed by atoms with Gasteiger partial charge < -0.3 is 11.2 Å². The van der Waals surface area contributed by atoms with Crippen LogP contribution in [-0.4, -0.2) is 0 Å². The summed E-state index contributed by atoms with van der Waals surface area (Å²) in [6.07, 6.45) is 3.91. The maximum Gasteiger partial charge on any atom is 0.0314 e. The van der Waals surface area contributed by atoms with E-state index in [1.165, 1.54) is 6.20 Å². The van der Waals surface area contributed by atoms with Crippen molar-refractivity contribution >= 4 is 0 Å². The second-order valence-electron chi connectivity index (χ2n) is 1.38. The van der Waals surface area contributed by atoms with E-state index in [2.05, 4.69) is 12.0 Å². The van der Waals surface area contributed by atoms with Gasteiger partial charge in [0.2, 0.25) is 0 Å². The minimum absolute atomic E-state index is 0.671. The molecule has 0 saturated heterocycles. The number of hydrazine groups is 1. The van der Waals surface area contributed by atoms with Gasteiger partial charge in [-0.2, -0.15) is 0 Å². The van der Waals surface area contributed by atoms with Crippen LogP contribution in [0.15, 0.2) is 24.6 Å². The number of hydrogen-bond donors (Lipinski definition) is 3. The maximum absolute atomic E-state index is 5.34. The second kappa shape index (κ2) is 4.21. The SMILES string of the molecule is C=CC/C(N)=C/NN. The zero-order chi connectivity index (χ0) is 6.41. The first-order valence-electron chi connectivity index (χ1n) is 2.32. The van der Waals surface area contributed by atoms with E-state index in [1.54, 1.807) is 6.08 Å². The molecule has 3 heteroatoms. The summed E-state index contributed by atoms with van der Waals surface area (Å²) in [6, 6.07) is 0. The molecule has 8 heavy (non-hydrogen) atoms. The van der Waals surface area contributed by atoms with E-state index in [4.69, 9.17) is 11.6 Å². The summed E-state index contributed by atoms with van der Waals surface area (Å²) in [5, 5.41) is 0. The molecule has 0 aliphatic heterocycles. The van der Waals surface area contributed by atoms with Gasteiger partial charge in [0.25, 0.3) is 0 Å². The van der Waals surface area contributed by atoms with Gasteiger partial charge in [0, 0.05) is 18.3 Å². The average molecular weight is 113 g/mol. The van der Waals surface area contributed by atoms with Crippen LogP contribution in [-0.2, 0) is 0 Å². The van der Waals surface area contributed by atoms with Crippen molar-refractivity contribution in [2.24, 2.45) is 11.6 Å². The van der Waals surface area contributed by atoms with Crippen LogP contribution in [0.4, 0.5) is 0 Å². The molecule has 0 bridgehead atoms. The van der Waals surface area contributed by atoms with E-state index < -0.39 is 0 Å². The van der Waals surface area contributed by atoms with Crippen molar-refractivity contribution in [2.45, 2.75) is 6.42 Å². The molecule has 0 aromatic heterocycles. The van der Waals surface area contributed by atoms with Crippen molar-refractivity contribution < 1.29 is 0 Å². The summed E-state index contributed by atoms with van der Waals surface area (Å²) < 4.78 is 0. The fraction of sp³-hybridized carbons (Fsp3) is 0.200. The molecule has 0 amide bonds. The molecular formula is C5H11N3. The first-order chi connectivity index (χ1) is 3.81. The Hall–Kier alpha value is -0.960. The normalized spacial score (nSPS) is 10.9. The molecule has 0 aromatic carbocycles. The first kappa shape index (κ1) is 7.04. The lowest BCUT2D eigenvalue weighted by Gasteiger charge is -1.92. The third-order valence-corrected chi connectivity index (χ3v) is 0.649. The maximum atomic E-state index is 5.34. The Labute approximate surface area is 49.0 Å². The van der Waals surface area contributed by atoms with Gasteiger partial charge in [-0.1, -0.05) is 6.08 Å². The average Bonchev–Trinajstić information content (AvgIpc) is 1.68. The van der Waals surface area contributed by atoms with E-state index in [0.717, 1.165) is 0 Å². The minimum atomic E-state index is 0.671. The van der Waals surface area contributed by atoms with E-state index in [9.17, 15) is 0 Å². The highest BCUT2D eigenvalue weighted by atomic mass is 15.2. The summed E-state index contributed by atoms with van der Waals surface area (Å²) in [5.41, 5.74) is 8.34. The molecule has 0 radical (unpaired) electrons. The van der Waals surface area contributed by atoms with Crippen molar-refractivity contribution in [1.82, 2.24) is 5.43 Å². The molecule has 0 unspecified atom stereocenters. The minimum Gasteiger partial charge on any atom is -0.401 e. The van der Waals surface area contributed by atoms with Crippen LogP contribution < -0.4 is 17.0 Å². The highest BCUT2D eigenvalue weighted by molar-refractivity contribution is 4.98. The lowest BCUT2D eigenvalue weighted by atomic mass is 10.3. The molecule has 0 fully saturated rings. The monoisotopic (exact) mass is 113 g/mol. The Morgan fingerprint density at radius 3 is 2.75 bits per heavy atom. The predicted octanol–water partition coefficient (Wildman–Crippen LogP) is -0.174. The number of nitrogens with two attached hydrogens (primary N) is 2. The fourth-order valence-corrected chi connectivity index (χ4v) is 0.333. The zero-order valence-electron chi connectivity index (χ0n) is 4.72. The van der Waals surface area contributed by atoms with Gasteiger partial charge in [0.1, 0.15) is 0 Å². The topological polar surface area (TPSA) is 64.1 Å². The molecule has 0 atom stereocenters. The van der Waals surface area contributed by atoms with Gasteiger partial charge in [-0.25, -0.2) is 0 Å². The Balaban J connectivity index is 3.44. The van der Waals surface area contributed by atoms with Crippen LogP contribution in [0.25, 0.3) is 0 Å². The summed E-state index contributed by atoms with van der Waals surface area (Å²) >= 11 is 0. The highest BCUT2D eigenvalue weighted by Gasteiger charge is 1.79. The number of rotatable bonds is 3. The van der Waals surface area contributed by atoms with Crippen LogP contribution in [0.3, 0.4) is 0 Å². The van der Waals surface area contributed by atoms with Gasteiger partial charge in [0.15, 0.2) is 0 Å². The van der Waals surface area contributed by atoms with Crippen LogP contribution in [0.1, 0.15) is 6.42 Å². The lowest BCUT2D eigenvalue weighted by Crippen LogP contribution is -2.16. The van der Waals surface area contributed by atoms with E-state index in [0.29, 0.717) is 12.1 Å². The van der Waals surface area contributed by atoms with Gasteiger partial charge in [-0.05, 0) is 0 Å². The third-order valence-electron chi connectivity index (χ3n) is 0.649. The van der Waals surface area contributed by atoms with E-state index in [1.807, 2.05) is 0 Å². The van der Waals surface area contributed by atoms with Crippen molar-refractivity contribution in [1.29, 1.82) is 0 Å². The predicted molar refractivity (Wildman–Crippen MR) is 34.4 cm³/mol. The molecular weight excluding hydrogens is 102 g/mol. The quantitative estimate of drug-likeness (QED) is 0.270. The number of nitrogens with one attached hydrogen (secondary N) is 1. The number of allylic oxidation sites excluding steroid dienone is 1. The Morgan fingerprint density at radius 1 is 1.75 bits per heavy atom. The molecule has 0 saturated carbocycles. The second-order valence-corrected chi connectivity index (χ2v) is 1.38. The fourth-order valence-electron chi connectivity index (χ4n) is 0.333. The smallest absolute Gasteiger partial charge is 0.0314 e. The summed E-state index contributed by atoms with van der Waals surface area (Å²) in [6.45, 7) is 3.49. The summed E-state index contributed by atoms with van der Waals surface area (Å²) in [5.74, 6) is 4.92. The van der Waals surface area contributed by atoms with Gasteiger partial charge in [-0.3, -0.25) is 5.84 Å². The van der Waals surface area contributed by atoms with Gasteiger partial charge in [0.05, 0.1) is 0 Å². The molecule has 0 aliphatic carbocycles. The van der Waals surface area contributed by atoms with Crippen molar-refractivity contribution in [3.63, 3.8) is 0 Å². The molecule has 5 N–H and O–H groups in total. The Kier molecular flexibility index (Phi) is 3.70. The molecule has 0 heterocycles. The standard InChI is InChI=1S/C5H11N3/c1-2-3-5(6)4-8-7/h2,4,8H,1,3,6-7H2/b5-4-.